The molecule has 0 saturated heterocycles. The van der Waals surface area contributed by atoms with Gasteiger partial charge < -0.3 is 4.57 Å². The molecule has 6 rings (SSSR count). The molecule has 1 aromatic carbocycles. The topological polar surface area (TPSA) is 78.5 Å². The van der Waals surface area contributed by atoms with Crippen molar-refractivity contribution >= 4 is 16.7 Å². The summed E-state index contributed by atoms with van der Waals surface area (Å²) in [5, 5.41) is 5.59. The minimum atomic E-state index is -0.0588. The lowest BCUT2D eigenvalue weighted by Crippen LogP contribution is -2.01. The highest BCUT2D eigenvalue weighted by Crippen LogP contribution is 2.38. The van der Waals surface area contributed by atoms with E-state index in [-0.39, 0.29) is 5.78 Å². The second-order valence-electron chi connectivity index (χ2n) is 7.90. The van der Waals surface area contributed by atoms with Gasteiger partial charge in [-0.1, -0.05) is 6.07 Å². The van der Waals surface area contributed by atoms with Crippen LogP contribution in [0.3, 0.4) is 0 Å². The van der Waals surface area contributed by atoms with Crippen molar-refractivity contribution in [1.82, 2.24) is 29.3 Å². The predicted molar refractivity (Wildman–Crippen MR) is 109 cm³/mol. The smallest absolute Gasteiger partial charge is 0.178 e. The first-order valence-electron chi connectivity index (χ1n) is 10.1. The number of hydrogen-bond acceptors (Lipinski definition) is 5. The molecule has 144 valence electrons. The number of fused-ring (bicyclic) bond motifs is 2. The zero-order valence-electron chi connectivity index (χ0n) is 16.2. The van der Waals surface area contributed by atoms with Crippen molar-refractivity contribution in [3.05, 3.63) is 48.3 Å². The molecule has 2 aliphatic rings. The molecule has 7 heteroatoms. The molecule has 0 spiro atoms. The summed E-state index contributed by atoms with van der Waals surface area (Å²) in [6.45, 7) is 2.49. The number of carbonyl (C=O) groups is 1. The highest BCUT2D eigenvalue weighted by Gasteiger charge is 2.28. The van der Waals surface area contributed by atoms with E-state index in [0.29, 0.717) is 11.7 Å². The quantitative estimate of drug-likeness (QED) is 0.500. The third-order valence-corrected chi connectivity index (χ3v) is 5.84. The van der Waals surface area contributed by atoms with Gasteiger partial charge in [-0.05, 0) is 37.5 Å². The number of hydrogen-bond donors (Lipinski definition) is 0. The van der Waals surface area contributed by atoms with Crippen LogP contribution in [0, 0.1) is 0 Å². The molecular weight excluding hydrogens is 364 g/mol. The van der Waals surface area contributed by atoms with Gasteiger partial charge in [-0.2, -0.15) is 5.10 Å². The number of aromatic nitrogens is 6. The highest BCUT2D eigenvalue weighted by molar-refractivity contribution is 6.05. The van der Waals surface area contributed by atoms with Crippen LogP contribution in [0.25, 0.3) is 33.5 Å². The molecule has 1 saturated carbocycles. The van der Waals surface area contributed by atoms with Gasteiger partial charge in [-0.25, -0.2) is 15.0 Å². The average Bonchev–Trinajstić information content (AvgIpc) is 3.13. The molecule has 0 atom stereocenters. The minimum Gasteiger partial charge on any atom is -0.327 e. The molecule has 0 unspecified atom stereocenters. The summed E-state index contributed by atoms with van der Waals surface area (Å²) in [4.78, 5) is 25.6. The van der Waals surface area contributed by atoms with E-state index >= 15 is 0 Å². The SMILES string of the molecule is CC(=O)c1ncnc2ccc(-c3c(-c4ccn(C5CC5)n4)nc4n3CCC4)cc12. The Morgan fingerprint density at radius 2 is 2.07 bits per heavy atom. The van der Waals surface area contributed by atoms with E-state index in [9.17, 15) is 4.79 Å². The van der Waals surface area contributed by atoms with Crippen molar-refractivity contribution in [3.63, 3.8) is 0 Å². The molecular formula is C22H20N6O. The molecule has 1 fully saturated rings. The number of aryl methyl sites for hydroxylation is 1. The Kier molecular flexibility index (Phi) is 3.47. The van der Waals surface area contributed by atoms with E-state index in [2.05, 4.69) is 37.5 Å². The summed E-state index contributed by atoms with van der Waals surface area (Å²) in [7, 11) is 0. The lowest BCUT2D eigenvalue weighted by Gasteiger charge is -2.10. The fourth-order valence-corrected chi connectivity index (χ4v) is 4.29. The summed E-state index contributed by atoms with van der Waals surface area (Å²) in [6, 6.07) is 8.64. The number of Topliss-reactive ketones (excluding diaryl/α,β-unsaturated/α-hetero) is 1. The van der Waals surface area contributed by atoms with Gasteiger partial charge in [0.2, 0.25) is 0 Å². The van der Waals surface area contributed by atoms with E-state index in [1.165, 1.54) is 19.2 Å². The number of rotatable bonds is 4. The van der Waals surface area contributed by atoms with Gasteiger partial charge in [-0.15, -0.1) is 0 Å². The van der Waals surface area contributed by atoms with Crippen molar-refractivity contribution < 1.29 is 4.79 Å². The zero-order chi connectivity index (χ0) is 19.5. The maximum atomic E-state index is 12.1. The summed E-state index contributed by atoms with van der Waals surface area (Å²) < 4.78 is 4.36. The van der Waals surface area contributed by atoms with Crippen LogP contribution in [-0.2, 0) is 13.0 Å². The van der Waals surface area contributed by atoms with Gasteiger partial charge in [-0.3, -0.25) is 9.48 Å². The van der Waals surface area contributed by atoms with E-state index in [1.807, 2.05) is 12.1 Å². The number of benzene rings is 1. The third-order valence-electron chi connectivity index (χ3n) is 5.84. The van der Waals surface area contributed by atoms with E-state index in [0.717, 1.165) is 58.8 Å². The molecule has 0 N–H and O–H groups in total. The first kappa shape index (κ1) is 16.6. The average molecular weight is 384 g/mol. The molecule has 1 aliphatic carbocycles. The zero-order valence-corrected chi connectivity index (χ0v) is 16.2. The van der Waals surface area contributed by atoms with Crippen LogP contribution in [0.5, 0.6) is 0 Å². The molecule has 1 aliphatic heterocycles. The van der Waals surface area contributed by atoms with Gasteiger partial charge >= 0.3 is 0 Å². The predicted octanol–water partition coefficient (Wildman–Crippen LogP) is 3.84. The van der Waals surface area contributed by atoms with Crippen LogP contribution < -0.4 is 0 Å². The second kappa shape index (κ2) is 6.07. The Morgan fingerprint density at radius 3 is 2.90 bits per heavy atom. The van der Waals surface area contributed by atoms with Crippen LogP contribution in [0.2, 0.25) is 0 Å². The number of nitrogens with zero attached hydrogens (tertiary/aromatic N) is 6. The molecule has 3 aromatic heterocycles. The first-order valence-corrected chi connectivity index (χ1v) is 10.1. The Hall–Kier alpha value is -3.35. The first-order chi connectivity index (χ1) is 14.2. The summed E-state index contributed by atoms with van der Waals surface area (Å²) >= 11 is 0. The normalized spacial score (nSPS) is 15.8. The molecule has 4 aromatic rings. The number of ketones is 1. The Bertz CT molecular complexity index is 1280. The van der Waals surface area contributed by atoms with E-state index < -0.39 is 0 Å². The summed E-state index contributed by atoms with van der Waals surface area (Å²) in [5.74, 6) is 1.05. The van der Waals surface area contributed by atoms with Gasteiger partial charge in [0.25, 0.3) is 0 Å². The molecule has 4 heterocycles. The maximum Gasteiger partial charge on any atom is 0.178 e. The third kappa shape index (κ3) is 2.61. The van der Waals surface area contributed by atoms with Crippen molar-refractivity contribution in [2.24, 2.45) is 0 Å². The number of carbonyl (C=O) groups excluding carboxylic acids is 1. The van der Waals surface area contributed by atoms with Crippen LogP contribution in [0.4, 0.5) is 0 Å². The Labute approximate surface area is 167 Å². The van der Waals surface area contributed by atoms with Crippen molar-refractivity contribution in [1.29, 1.82) is 0 Å². The van der Waals surface area contributed by atoms with Crippen molar-refractivity contribution in [2.45, 2.75) is 45.2 Å². The Balaban J connectivity index is 1.56. The lowest BCUT2D eigenvalue weighted by molar-refractivity contribution is 0.101. The van der Waals surface area contributed by atoms with Gasteiger partial charge in [0.05, 0.1) is 17.3 Å². The largest absolute Gasteiger partial charge is 0.327 e. The van der Waals surface area contributed by atoms with Gasteiger partial charge in [0.15, 0.2) is 5.78 Å². The second-order valence-corrected chi connectivity index (χ2v) is 7.90. The highest BCUT2D eigenvalue weighted by atomic mass is 16.1. The van der Waals surface area contributed by atoms with Gasteiger partial charge in [0, 0.05) is 37.0 Å². The maximum absolute atomic E-state index is 12.1. The van der Waals surface area contributed by atoms with Crippen molar-refractivity contribution in [3.8, 4) is 22.6 Å². The molecule has 7 nitrogen and oxygen atoms in total. The van der Waals surface area contributed by atoms with Crippen LogP contribution in [-0.4, -0.2) is 35.1 Å². The van der Waals surface area contributed by atoms with Crippen LogP contribution in [0.15, 0.2) is 36.8 Å². The van der Waals surface area contributed by atoms with E-state index in [1.54, 1.807) is 6.92 Å². The fraction of sp³-hybridized carbons (Fsp3) is 0.318. The molecule has 0 radical (unpaired) electrons. The minimum absolute atomic E-state index is 0.0588. The van der Waals surface area contributed by atoms with E-state index in [4.69, 9.17) is 10.1 Å². The van der Waals surface area contributed by atoms with Crippen molar-refractivity contribution in [2.75, 3.05) is 0 Å². The summed E-state index contributed by atoms with van der Waals surface area (Å²) in [5.41, 5.74) is 5.14. The monoisotopic (exact) mass is 384 g/mol. The molecule has 0 amide bonds. The molecule has 29 heavy (non-hydrogen) atoms. The number of imidazole rings is 1. The Morgan fingerprint density at radius 1 is 1.17 bits per heavy atom. The van der Waals surface area contributed by atoms with Gasteiger partial charge in [0.1, 0.15) is 29.2 Å². The fourth-order valence-electron chi connectivity index (χ4n) is 4.29. The molecule has 0 bridgehead atoms. The lowest BCUT2D eigenvalue weighted by atomic mass is 10.0. The van der Waals surface area contributed by atoms with Crippen LogP contribution in [0.1, 0.15) is 48.5 Å². The standard InChI is InChI=1S/C22H20N6O/c1-13(29)20-16-11-14(4-7-17(16)23-12-24-20)22-21(25-19-3-2-9-27(19)22)18-8-10-28(26-18)15-5-6-15/h4,7-8,10-12,15H,2-3,5-6,9H2,1H3. The van der Waals surface area contributed by atoms with Crippen LogP contribution >= 0.6 is 0 Å². The summed E-state index contributed by atoms with van der Waals surface area (Å²) in [6.07, 6.45) is 7.99.